The zero-order chi connectivity index (χ0) is 22.1. The second-order valence-corrected chi connectivity index (χ2v) is 5.91. The van der Waals surface area contributed by atoms with Crippen LogP contribution in [0.25, 0.3) is 0 Å². The summed E-state index contributed by atoms with van der Waals surface area (Å²) in [5, 5.41) is 2.43. The van der Waals surface area contributed by atoms with Crippen LogP contribution in [0, 0.1) is 0 Å². The molecule has 0 saturated carbocycles. The molecule has 2 rings (SSSR count). The number of benzene rings is 2. The van der Waals surface area contributed by atoms with Crippen LogP contribution >= 0.6 is 0 Å². The van der Waals surface area contributed by atoms with Gasteiger partial charge in [0, 0.05) is 11.1 Å². The maximum Gasteiger partial charge on any atom is 0.325 e. The zero-order valence-electron chi connectivity index (χ0n) is 17.1. The molecule has 0 saturated heterocycles. The largest absolute Gasteiger partial charge is 0.493 e. The van der Waals surface area contributed by atoms with E-state index < -0.39 is 30.8 Å². The number of Topliss-reactive ketones (excluding diaryl/α,β-unsaturated/α-hetero) is 1. The normalized spacial score (nSPS) is 10.0. The lowest BCUT2D eigenvalue weighted by Crippen LogP contribution is -2.31. The van der Waals surface area contributed by atoms with E-state index in [1.54, 1.807) is 12.1 Å². The highest BCUT2D eigenvalue weighted by Gasteiger charge is 2.15. The Morgan fingerprint density at radius 3 is 1.77 bits per heavy atom. The van der Waals surface area contributed by atoms with Crippen LogP contribution in [-0.2, 0) is 9.53 Å². The molecule has 9 nitrogen and oxygen atoms in total. The van der Waals surface area contributed by atoms with Crippen molar-refractivity contribution in [3.8, 4) is 23.0 Å². The molecule has 0 spiro atoms. The van der Waals surface area contributed by atoms with Crippen molar-refractivity contribution in [2.45, 2.75) is 0 Å². The number of hydrogen-bond donors (Lipinski definition) is 1. The molecule has 0 heterocycles. The summed E-state index contributed by atoms with van der Waals surface area (Å²) in [6.07, 6.45) is 0. The molecule has 0 aliphatic carbocycles. The summed E-state index contributed by atoms with van der Waals surface area (Å²) < 4.78 is 25.4. The lowest BCUT2D eigenvalue weighted by molar-refractivity contribution is -0.141. The molecule has 2 aromatic carbocycles. The monoisotopic (exact) mass is 417 g/mol. The van der Waals surface area contributed by atoms with Crippen molar-refractivity contribution in [3.05, 3.63) is 47.5 Å². The van der Waals surface area contributed by atoms with Crippen LogP contribution in [0.2, 0.25) is 0 Å². The van der Waals surface area contributed by atoms with Gasteiger partial charge in [-0.2, -0.15) is 0 Å². The fourth-order valence-electron chi connectivity index (χ4n) is 2.52. The third-order valence-electron chi connectivity index (χ3n) is 4.11. The Morgan fingerprint density at radius 2 is 1.23 bits per heavy atom. The molecule has 30 heavy (non-hydrogen) atoms. The fraction of sp³-hybridized carbons (Fsp3) is 0.286. The number of ether oxygens (including phenoxy) is 5. The van der Waals surface area contributed by atoms with Gasteiger partial charge in [0.1, 0.15) is 6.54 Å². The van der Waals surface area contributed by atoms with Gasteiger partial charge in [0.2, 0.25) is 0 Å². The van der Waals surface area contributed by atoms with Crippen molar-refractivity contribution in [2.24, 2.45) is 0 Å². The molecule has 160 valence electrons. The van der Waals surface area contributed by atoms with E-state index in [0.29, 0.717) is 28.6 Å². The van der Waals surface area contributed by atoms with Crippen molar-refractivity contribution >= 4 is 17.7 Å². The Morgan fingerprint density at radius 1 is 0.733 bits per heavy atom. The summed E-state index contributed by atoms with van der Waals surface area (Å²) in [7, 11) is 5.87. The van der Waals surface area contributed by atoms with E-state index in [1.807, 2.05) is 0 Å². The topological polar surface area (TPSA) is 109 Å². The van der Waals surface area contributed by atoms with Crippen molar-refractivity contribution in [3.63, 3.8) is 0 Å². The van der Waals surface area contributed by atoms with Crippen LogP contribution < -0.4 is 24.3 Å². The number of amides is 1. The Kier molecular flexibility index (Phi) is 8.04. The second kappa shape index (κ2) is 10.7. The van der Waals surface area contributed by atoms with Gasteiger partial charge in [-0.15, -0.1) is 0 Å². The van der Waals surface area contributed by atoms with Gasteiger partial charge in [-0.05, 0) is 36.4 Å². The SMILES string of the molecule is COc1ccc(C(=O)COC(=O)CNC(=O)c2ccc(OC)c(OC)c2)cc1OC. The predicted molar refractivity (Wildman–Crippen MR) is 107 cm³/mol. The molecular weight excluding hydrogens is 394 g/mol. The number of ketones is 1. The average molecular weight is 417 g/mol. The number of carbonyl (C=O) groups is 3. The molecule has 1 N–H and O–H groups in total. The first-order valence-electron chi connectivity index (χ1n) is 8.84. The van der Waals surface area contributed by atoms with Gasteiger partial charge in [0.25, 0.3) is 5.91 Å². The number of carbonyl (C=O) groups excluding carboxylic acids is 3. The second-order valence-electron chi connectivity index (χ2n) is 5.91. The van der Waals surface area contributed by atoms with Gasteiger partial charge >= 0.3 is 5.97 Å². The molecule has 0 aromatic heterocycles. The van der Waals surface area contributed by atoms with Crippen LogP contribution in [-0.4, -0.2) is 59.3 Å². The molecule has 0 unspecified atom stereocenters. The lowest BCUT2D eigenvalue weighted by atomic mass is 10.1. The van der Waals surface area contributed by atoms with E-state index in [4.69, 9.17) is 23.7 Å². The molecule has 1 amide bonds. The molecular formula is C21H23NO8. The highest BCUT2D eigenvalue weighted by molar-refractivity contribution is 5.99. The first-order chi connectivity index (χ1) is 14.4. The van der Waals surface area contributed by atoms with Crippen LogP contribution in [0.15, 0.2) is 36.4 Å². The van der Waals surface area contributed by atoms with Gasteiger partial charge in [-0.1, -0.05) is 0 Å². The van der Waals surface area contributed by atoms with E-state index in [1.165, 1.54) is 52.7 Å². The Balaban J connectivity index is 1.87. The number of methoxy groups -OCH3 is 4. The first-order valence-corrected chi connectivity index (χ1v) is 8.84. The van der Waals surface area contributed by atoms with Gasteiger partial charge < -0.3 is 29.0 Å². The highest BCUT2D eigenvalue weighted by atomic mass is 16.5. The van der Waals surface area contributed by atoms with Crippen molar-refractivity contribution in [1.82, 2.24) is 5.32 Å². The van der Waals surface area contributed by atoms with Gasteiger partial charge in [-0.3, -0.25) is 14.4 Å². The standard InChI is InChI=1S/C21H23NO8/c1-26-16-7-5-13(9-18(16)28-3)15(23)12-30-20(24)11-22-21(25)14-6-8-17(27-2)19(10-14)29-4/h5-10H,11-12H2,1-4H3,(H,22,25). The first kappa shape index (κ1) is 22.5. The van der Waals surface area contributed by atoms with E-state index >= 15 is 0 Å². The van der Waals surface area contributed by atoms with E-state index in [0.717, 1.165) is 0 Å². The lowest BCUT2D eigenvalue weighted by Gasteiger charge is -2.10. The van der Waals surface area contributed by atoms with Crippen LogP contribution in [0.4, 0.5) is 0 Å². The van der Waals surface area contributed by atoms with Crippen LogP contribution in [0.1, 0.15) is 20.7 Å². The number of rotatable bonds is 10. The van der Waals surface area contributed by atoms with Crippen LogP contribution in [0.5, 0.6) is 23.0 Å². The summed E-state index contributed by atoms with van der Waals surface area (Å²) in [6, 6.07) is 9.21. The molecule has 9 heteroatoms. The molecule has 0 aliphatic rings. The quantitative estimate of drug-likeness (QED) is 0.461. The van der Waals surface area contributed by atoms with E-state index in [2.05, 4.69) is 5.32 Å². The van der Waals surface area contributed by atoms with Crippen LogP contribution in [0.3, 0.4) is 0 Å². The van der Waals surface area contributed by atoms with Crippen molar-refractivity contribution in [2.75, 3.05) is 41.6 Å². The van der Waals surface area contributed by atoms with Gasteiger partial charge in [-0.25, -0.2) is 0 Å². The van der Waals surface area contributed by atoms with Gasteiger partial charge in [0.15, 0.2) is 35.4 Å². The maximum atomic E-state index is 12.2. The van der Waals surface area contributed by atoms with Gasteiger partial charge in [0.05, 0.1) is 28.4 Å². The minimum absolute atomic E-state index is 0.279. The average Bonchev–Trinajstić information content (AvgIpc) is 2.79. The van der Waals surface area contributed by atoms with E-state index in [9.17, 15) is 14.4 Å². The predicted octanol–water partition coefficient (Wildman–Crippen LogP) is 1.88. The maximum absolute atomic E-state index is 12.2. The Hall–Kier alpha value is -3.75. The summed E-state index contributed by atoms with van der Waals surface area (Å²) in [6.45, 7) is -0.868. The Labute approximate surface area is 173 Å². The molecule has 0 bridgehead atoms. The molecule has 0 fully saturated rings. The Bertz CT molecular complexity index is 852. The third-order valence-corrected chi connectivity index (χ3v) is 4.11. The summed E-state index contributed by atoms with van der Waals surface area (Å²) in [5.41, 5.74) is 0.580. The molecule has 0 atom stereocenters. The number of esters is 1. The number of nitrogens with one attached hydrogen (secondary N) is 1. The minimum Gasteiger partial charge on any atom is -0.493 e. The highest BCUT2D eigenvalue weighted by Crippen LogP contribution is 2.28. The molecule has 0 radical (unpaired) electrons. The minimum atomic E-state index is -0.752. The summed E-state index contributed by atoms with van der Waals surface area (Å²) in [4.78, 5) is 36.3. The summed E-state index contributed by atoms with van der Waals surface area (Å²) in [5.74, 6) is 0.0449. The third kappa shape index (κ3) is 5.63. The smallest absolute Gasteiger partial charge is 0.325 e. The molecule has 0 aliphatic heterocycles. The van der Waals surface area contributed by atoms with E-state index in [-0.39, 0.29) is 5.56 Å². The van der Waals surface area contributed by atoms with Crippen molar-refractivity contribution < 1.29 is 38.1 Å². The number of hydrogen-bond acceptors (Lipinski definition) is 8. The fourth-order valence-corrected chi connectivity index (χ4v) is 2.52. The molecule has 2 aromatic rings. The zero-order valence-corrected chi connectivity index (χ0v) is 17.1. The summed E-state index contributed by atoms with van der Waals surface area (Å²) >= 11 is 0. The van der Waals surface area contributed by atoms with Crippen molar-refractivity contribution in [1.29, 1.82) is 0 Å².